The van der Waals surface area contributed by atoms with Crippen LogP contribution in [0.4, 0.5) is 0 Å². The molecule has 9 unspecified atom stereocenters. The van der Waals surface area contributed by atoms with Gasteiger partial charge < -0.3 is 49.2 Å². The van der Waals surface area contributed by atoms with E-state index in [1.165, 1.54) is 0 Å². The van der Waals surface area contributed by atoms with Crippen LogP contribution < -0.4 is 0 Å². The Morgan fingerprint density at radius 3 is 1.16 bits per heavy atom. The molecular weight excluding hydrogens is 508 g/mol. The Bertz CT molecular complexity index is 765. The first-order valence-electron chi connectivity index (χ1n) is 11.1. The molecule has 0 aliphatic carbocycles. The van der Waals surface area contributed by atoms with Crippen LogP contribution in [-0.4, -0.2) is 117 Å². The second kappa shape index (κ2) is 14.2. The molecule has 1 saturated heterocycles. The Hall–Kier alpha value is -2.89. The number of aliphatic hydroxyl groups is 5. The lowest BCUT2D eigenvalue weighted by molar-refractivity contribution is -0.334. The Morgan fingerprint density at radius 1 is 0.568 bits per heavy atom. The highest BCUT2D eigenvalue weighted by molar-refractivity contribution is 5.76. The van der Waals surface area contributed by atoms with Gasteiger partial charge in [-0.3, -0.25) is 4.74 Å². The van der Waals surface area contributed by atoms with E-state index in [9.17, 15) is 49.5 Å². The highest BCUT2D eigenvalue weighted by Crippen LogP contribution is 2.33. The zero-order valence-corrected chi connectivity index (χ0v) is 20.7. The number of carbonyl (C=O) groups is 5. The average molecular weight is 540 g/mol. The molecule has 1 heterocycles. The molecule has 9 atom stereocenters. The van der Waals surface area contributed by atoms with Gasteiger partial charge in [-0.1, -0.05) is 0 Å². The number of aliphatic hydroxyl groups excluding tert-OH is 5. The zero-order valence-electron chi connectivity index (χ0n) is 20.7. The number of hydrogen-bond donors (Lipinski definition) is 5. The number of ether oxygens (including phenoxy) is 6. The van der Waals surface area contributed by atoms with Gasteiger partial charge in [-0.25, -0.2) is 24.0 Å². The van der Waals surface area contributed by atoms with E-state index in [1.807, 2.05) is 0 Å². The summed E-state index contributed by atoms with van der Waals surface area (Å²) < 4.78 is 30.6. The van der Waals surface area contributed by atoms with E-state index >= 15 is 0 Å². The van der Waals surface area contributed by atoms with E-state index in [0.29, 0.717) is 0 Å². The van der Waals surface area contributed by atoms with E-state index in [0.717, 1.165) is 34.6 Å². The van der Waals surface area contributed by atoms with Crippen LogP contribution in [-0.2, 0) is 52.4 Å². The summed E-state index contributed by atoms with van der Waals surface area (Å²) in [4.78, 5) is 60.6. The summed E-state index contributed by atoms with van der Waals surface area (Å²) in [7, 11) is 0. The van der Waals surface area contributed by atoms with Crippen molar-refractivity contribution >= 4 is 29.8 Å². The standard InChI is InChI=1S/C21H32O16/c1-7(22)15(27)32-6-12-13(33-16(28)8(2)23)20(35-18(30)10(4)25)37-21(36-19(31)11(5)26)14(12)34-17(29)9(3)24/h7-14,20-26H,6H2,1-5H3. The highest BCUT2D eigenvalue weighted by Gasteiger charge is 2.54. The highest BCUT2D eigenvalue weighted by atomic mass is 16.8. The van der Waals surface area contributed by atoms with E-state index in [1.54, 1.807) is 0 Å². The Kier molecular flexibility index (Phi) is 12.3. The Balaban J connectivity index is 3.60. The summed E-state index contributed by atoms with van der Waals surface area (Å²) in [6.45, 7) is 4.35. The molecule has 0 aromatic heterocycles. The van der Waals surface area contributed by atoms with E-state index < -0.39 is 97.7 Å². The van der Waals surface area contributed by atoms with Gasteiger partial charge in [0.25, 0.3) is 0 Å². The summed E-state index contributed by atoms with van der Waals surface area (Å²) in [6, 6.07) is 0. The van der Waals surface area contributed by atoms with E-state index in [4.69, 9.17) is 28.4 Å². The van der Waals surface area contributed by atoms with Crippen LogP contribution in [0.1, 0.15) is 34.6 Å². The van der Waals surface area contributed by atoms with Gasteiger partial charge in [0, 0.05) is 0 Å². The first-order chi connectivity index (χ1) is 17.1. The fourth-order valence-corrected chi connectivity index (χ4v) is 2.73. The van der Waals surface area contributed by atoms with Gasteiger partial charge in [-0.2, -0.15) is 0 Å². The molecule has 0 aromatic rings. The van der Waals surface area contributed by atoms with Crippen LogP contribution in [0, 0.1) is 5.92 Å². The van der Waals surface area contributed by atoms with Crippen molar-refractivity contribution in [3.8, 4) is 0 Å². The van der Waals surface area contributed by atoms with Crippen molar-refractivity contribution in [3.05, 3.63) is 0 Å². The maximum Gasteiger partial charge on any atom is 0.337 e. The fraction of sp³-hybridized carbons (Fsp3) is 0.762. The molecule has 1 fully saturated rings. The molecule has 16 heteroatoms. The number of rotatable bonds is 11. The first kappa shape index (κ1) is 32.1. The van der Waals surface area contributed by atoms with Gasteiger partial charge in [-0.15, -0.1) is 0 Å². The summed E-state index contributed by atoms with van der Waals surface area (Å²) >= 11 is 0. The third-order valence-corrected chi connectivity index (χ3v) is 4.74. The summed E-state index contributed by atoms with van der Waals surface area (Å²) in [5.41, 5.74) is 0. The minimum absolute atomic E-state index is 0.839. The molecule has 1 rings (SSSR count). The van der Waals surface area contributed by atoms with Gasteiger partial charge in [-0.05, 0) is 34.6 Å². The van der Waals surface area contributed by atoms with Crippen molar-refractivity contribution in [2.75, 3.05) is 6.61 Å². The molecule has 0 radical (unpaired) electrons. The smallest absolute Gasteiger partial charge is 0.337 e. The molecule has 16 nitrogen and oxygen atoms in total. The van der Waals surface area contributed by atoms with Crippen LogP contribution in [0.5, 0.6) is 0 Å². The summed E-state index contributed by atoms with van der Waals surface area (Å²) in [6.07, 6.45) is -16.2. The molecule has 0 amide bonds. The van der Waals surface area contributed by atoms with Crippen molar-refractivity contribution in [2.24, 2.45) is 5.92 Å². The number of esters is 5. The number of carbonyl (C=O) groups excluding carboxylic acids is 5. The van der Waals surface area contributed by atoms with E-state index in [2.05, 4.69) is 0 Å². The lowest BCUT2D eigenvalue weighted by atomic mass is 9.92. The second-order valence-corrected chi connectivity index (χ2v) is 8.22. The van der Waals surface area contributed by atoms with Crippen molar-refractivity contribution in [3.63, 3.8) is 0 Å². The summed E-state index contributed by atoms with van der Waals surface area (Å²) in [5, 5.41) is 47.7. The lowest BCUT2D eigenvalue weighted by Gasteiger charge is -2.44. The molecule has 0 bridgehead atoms. The molecule has 0 aromatic carbocycles. The van der Waals surface area contributed by atoms with Crippen LogP contribution >= 0.6 is 0 Å². The Labute approximate surface area is 210 Å². The minimum Gasteiger partial charge on any atom is -0.463 e. The van der Waals surface area contributed by atoms with Gasteiger partial charge >= 0.3 is 29.8 Å². The third kappa shape index (κ3) is 9.49. The topological polar surface area (TPSA) is 242 Å². The van der Waals surface area contributed by atoms with Gasteiger partial charge in [0.2, 0.25) is 12.6 Å². The fourth-order valence-electron chi connectivity index (χ4n) is 2.73. The predicted octanol–water partition coefficient (Wildman–Crippen LogP) is -3.36. The molecule has 0 spiro atoms. The van der Waals surface area contributed by atoms with Crippen molar-refractivity contribution < 1.29 is 77.9 Å². The minimum atomic E-state index is -2.01. The molecule has 37 heavy (non-hydrogen) atoms. The van der Waals surface area contributed by atoms with Gasteiger partial charge in [0.15, 0.2) is 12.2 Å². The normalized spacial score (nSPS) is 27.5. The quantitative estimate of drug-likeness (QED) is 0.127. The first-order valence-corrected chi connectivity index (χ1v) is 11.1. The molecule has 1 aliphatic rings. The monoisotopic (exact) mass is 540 g/mol. The van der Waals surface area contributed by atoms with Crippen LogP contribution in [0.2, 0.25) is 0 Å². The largest absolute Gasteiger partial charge is 0.463 e. The molecule has 1 aliphatic heterocycles. The van der Waals surface area contributed by atoms with Gasteiger partial charge in [0.1, 0.15) is 37.1 Å². The molecule has 212 valence electrons. The maximum absolute atomic E-state index is 12.2. The SMILES string of the molecule is CC(O)C(=O)OCC1C(OC(=O)C(C)O)C(OC(=O)C(C)O)OC(OC(=O)C(C)O)C1OC(=O)C(C)O. The second-order valence-electron chi connectivity index (χ2n) is 8.22. The molecule has 5 N–H and O–H groups in total. The van der Waals surface area contributed by atoms with E-state index in [-0.39, 0.29) is 0 Å². The third-order valence-electron chi connectivity index (χ3n) is 4.74. The average Bonchev–Trinajstić information content (AvgIpc) is 2.79. The van der Waals surface area contributed by atoms with Crippen LogP contribution in [0.15, 0.2) is 0 Å². The number of hydrogen-bond acceptors (Lipinski definition) is 16. The maximum atomic E-state index is 12.2. The summed E-state index contributed by atoms with van der Waals surface area (Å²) in [5.74, 6) is -7.95. The van der Waals surface area contributed by atoms with Crippen molar-refractivity contribution in [2.45, 2.75) is 89.9 Å². The van der Waals surface area contributed by atoms with Crippen molar-refractivity contribution in [1.29, 1.82) is 0 Å². The molecule has 0 saturated carbocycles. The van der Waals surface area contributed by atoms with Crippen molar-refractivity contribution in [1.82, 2.24) is 0 Å². The zero-order chi connectivity index (χ0) is 28.6. The molecular formula is C21H32O16. The van der Waals surface area contributed by atoms with Crippen LogP contribution in [0.3, 0.4) is 0 Å². The Morgan fingerprint density at radius 2 is 0.865 bits per heavy atom. The van der Waals surface area contributed by atoms with Gasteiger partial charge in [0.05, 0.1) is 5.92 Å². The van der Waals surface area contributed by atoms with Crippen LogP contribution in [0.25, 0.3) is 0 Å². The predicted molar refractivity (Wildman–Crippen MR) is 113 cm³/mol. The lowest BCUT2D eigenvalue weighted by Crippen LogP contribution is -2.61.